The topological polar surface area (TPSA) is 100 Å². The molecule has 7 nitrogen and oxygen atoms in total. The number of nitrogens with zero attached hydrogens (tertiary/aromatic N) is 1. The number of thiazole rings is 1. The van der Waals surface area contributed by atoms with Crippen LogP contribution in [0.1, 0.15) is 15.9 Å². The van der Waals surface area contributed by atoms with E-state index in [-0.39, 0.29) is 17.4 Å². The first-order valence-corrected chi connectivity index (χ1v) is 15.9. The first-order valence-electron chi connectivity index (χ1n) is 13.2. The first kappa shape index (κ1) is 30.9. The van der Waals surface area contributed by atoms with Gasteiger partial charge in [-0.3, -0.25) is 14.4 Å². The van der Waals surface area contributed by atoms with Gasteiger partial charge in [-0.25, -0.2) is 9.37 Å². The van der Waals surface area contributed by atoms with Crippen LogP contribution in [0.4, 0.5) is 15.2 Å². The molecular formula is C33H24BrFN4O3S2. The molecule has 0 saturated heterocycles. The fourth-order valence-electron chi connectivity index (χ4n) is 3.89. The molecule has 0 spiro atoms. The number of thioether (sulfide) groups is 1. The van der Waals surface area contributed by atoms with Crippen LogP contribution < -0.4 is 16.0 Å². The highest BCUT2D eigenvalue weighted by molar-refractivity contribution is 9.10. The Kier molecular flexibility index (Phi) is 10.3. The number of hydrogen-bond acceptors (Lipinski definition) is 6. The number of aromatic nitrogens is 1. The minimum Gasteiger partial charge on any atom is -0.321 e. The predicted molar refractivity (Wildman–Crippen MR) is 178 cm³/mol. The summed E-state index contributed by atoms with van der Waals surface area (Å²) in [5.74, 6) is -1.43. The zero-order valence-electron chi connectivity index (χ0n) is 22.9. The monoisotopic (exact) mass is 686 g/mol. The van der Waals surface area contributed by atoms with Crippen molar-refractivity contribution in [1.82, 2.24) is 10.3 Å². The summed E-state index contributed by atoms with van der Waals surface area (Å²) >= 11 is 6.12. The Morgan fingerprint density at radius 1 is 0.864 bits per heavy atom. The minimum absolute atomic E-state index is 0.00828. The summed E-state index contributed by atoms with van der Waals surface area (Å²) in [6.45, 7) is 0. The first-order chi connectivity index (χ1) is 21.3. The molecule has 0 aliphatic rings. The van der Waals surface area contributed by atoms with E-state index in [0.29, 0.717) is 21.9 Å². The van der Waals surface area contributed by atoms with Gasteiger partial charge in [-0.2, -0.15) is 0 Å². The van der Waals surface area contributed by atoms with Crippen molar-refractivity contribution in [3.05, 3.63) is 136 Å². The lowest BCUT2D eigenvalue weighted by Crippen LogP contribution is -2.30. The summed E-state index contributed by atoms with van der Waals surface area (Å²) in [6.07, 6.45) is 1.47. The van der Waals surface area contributed by atoms with E-state index in [1.807, 2.05) is 29.6 Å². The van der Waals surface area contributed by atoms with Crippen LogP contribution in [0.5, 0.6) is 0 Å². The highest BCUT2D eigenvalue weighted by atomic mass is 79.9. The SMILES string of the molecule is O=C(CSc1ccc(NC(=O)/C(=C/c2ccc(F)cc2)NC(=O)c2ccccc2)cc1)Nc1nc(-c2ccc(Br)cc2)cs1. The van der Waals surface area contributed by atoms with E-state index >= 15 is 0 Å². The normalized spacial score (nSPS) is 11.1. The number of amides is 3. The molecule has 4 aromatic carbocycles. The maximum Gasteiger partial charge on any atom is 0.272 e. The quantitative estimate of drug-likeness (QED) is 0.103. The van der Waals surface area contributed by atoms with E-state index in [2.05, 4.69) is 36.9 Å². The number of anilines is 2. The van der Waals surface area contributed by atoms with Crippen molar-refractivity contribution in [2.45, 2.75) is 4.90 Å². The summed E-state index contributed by atoms with van der Waals surface area (Å²) in [6, 6.07) is 28.8. The fourth-order valence-corrected chi connectivity index (χ4v) is 5.59. The second-order valence-corrected chi connectivity index (χ2v) is 12.1. The Bertz CT molecular complexity index is 1790. The predicted octanol–water partition coefficient (Wildman–Crippen LogP) is 7.85. The van der Waals surface area contributed by atoms with Crippen molar-refractivity contribution in [1.29, 1.82) is 0 Å². The van der Waals surface area contributed by atoms with E-state index in [1.54, 1.807) is 54.6 Å². The molecule has 0 unspecified atom stereocenters. The van der Waals surface area contributed by atoms with Gasteiger partial charge < -0.3 is 16.0 Å². The molecule has 0 saturated carbocycles. The van der Waals surface area contributed by atoms with Crippen molar-refractivity contribution in [2.75, 3.05) is 16.4 Å². The summed E-state index contributed by atoms with van der Waals surface area (Å²) in [4.78, 5) is 43.8. The highest BCUT2D eigenvalue weighted by Gasteiger charge is 2.15. The smallest absolute Gasteiger partial charge is 0.272 e. The van der Waals surface area contributed by atoms with Crippen molar-refractivity contribution < 1.29 is 18.8 Å². The van der Waals surface area contributed by atoms with Crippen molar-refractivity contribution in [2.24, 2.45) is 0 Å². The van der Waals surface area contributed by atoms with Gasteiger partial charge in [-0.1, -0.05) is 58.4 Å². The summed E-state index contributed by atoms with van der Waals surface area (Å²) in [5, 5.41) is 10.7. The molecule has 0 fully saturated rings. The van der Waals surface area contributed by atoms with Gasteiger partial charge in [0, 0.05) is 31.6 Å². The third-order valence-corrected chi connectivity index (χ3v) is 8.38. The molecule has 11 heteroatoms. The summed E-state index contributed by atoms with van der Waals surface area (Å²) < 4.78 is 14.4. The van der Waals surface area contributed by atoms with Gasteiger partial charge in [-0.05, 0) is 72.3 Å². The molecule has 0 bridgehead atoms. The van der Waals surface area contributed by atoms with Crippen LogP contribution in [0.2, 0.25) is 0 Å². The van der Waals surface area contributed by atoms with Gasteiger partial charge in [0.05, 0.1) is 11.4 Å². The molecule has 3 amide bonds. The highest BCUT2D eigenvalue weighted by Crippen LogP contribution is 2.27. The largest absolute Gasteiger partial charge is 0.321 e. The average Bonchev–Trinajstić information content (AvgIpc) is 3.50. The summed E-state index contributed by atoms with van der Waals surface area (Å²) in [5.41, 5.74) is 3.16. The molecule has 0 radical (unpaired) electrons. The van der Waals surface area contributed by atoms with Gasteiger partial charge in [0.25, 0.3) is 11.8 Å². The van der Waals surface area contributed by atoms with Gasteiger partial charge in [0.2, 0.25) is 5.91 Å². The Hall–Kier alpha value is -4.58. The van der Waals surface area contributed by atoms with Gasteiger partial charge in [-0.15, -0.1) is 23.1 Å². The second kappa shape index (κ2) is 14.7. The number of carbonyl (C=O) groups excluding carboxylic acids is 3. The molecule has 220 valence electrons. The van der Waals surface area contributed by atoms with Crippen molar-refractivity contribution in [3.63, 3.8) is 0 Å². The second-order valence-electron chi connectivity index (χ2n) is 9.29. The van der Waals surface area contributed by atoms with Crippen LogP contribution in [0.25, 0.3) is 17.3 Å². The minimum atomic E-state index is -0.552. The Morgan fingerprint density at radius 2 is 1.57 bits per heavy atom. The molecule has 0 atom stereocenters. The molecule has 1 heterocycles. The number of nitrogens with one attached hydrogen (secondary N) is 3. The summed E-state index contributed by atoms with van der Waals surface area (Å²) in [7, 11) is 0. The van der Waals surface area contributed by atoms with Crippen LogP contribution in [-0.4, -0.2) is 28.5 Å². The number of halogens is 2. The molecule has 1 aromatic heterocycles. The number of hydrogen-bond donors (Lipinski definition) is 3. The van der Waals surface area contributed by atoms with Crippen LogP contribution in [0.3, 0.4) is 0 Å². The van der Waals surface area contributed by atoms with Crippen LogP contribution in [0, 0.1) is 5.82 Å². The third-order valence-electron chi connectivity index (χ3n) is 6.08. The maximum atomic E-state index is 13.4. The Morgan fingerprint density at radius 3 is 2.27 bits per heavy atom. The number of rotatable bonds is 10. The molecule has 0 aliphatic carbocycles. The van der Waals surface area contributed by atoms with E-state index in [9.17, 15) is 18.8 Å². The molecule has 5 aromatic rings. The van der Waals surface area contributed by atoms with Crippen LogP contribution in [0.15, 0.2) is 124 Å². The Labute approximate surface area is 269 Å². The van der Waals surface area contributed by atoms with Crippen molar-refractivity contribution >= 4 is 73.6 Å². The van der Waals surface area contributed by atoms with E-state index in [0.717, 1.165) is 20.6 Å². The van der Waals surface area contributed by atoms with Gasteiger partial charge in [0.1, 0.15) is 11.5 Å². The zero-order chi connectivity index (χ0) is 30.9. The number of carbonyl (C=O) groups is 3. The van der Waals surface area contributed by atoms with E-state index < -0.39 is 17.6 Å². The van der Waals surface area contributed by atoms with E-state index in [4.69, 9.17) is 0 Å². The molecule has 5 rings (SSSR count). The van der Waals surface area contributed by atoms with Crippen molar-refractivity contribution in [3.8, 4) is 11.3 Å². The average molecular weight is 688 g/mol. The lowest BCUT2D eigenvalue weighted by molar-refractivity contribution is -0.114. The molecule has 0 aliphatic heterocycles. The van der Waals surface area contributed by atoms with Gasteiger partial charge >= 0.3 is 0 Å². The fraction of sp³-hybridized carbons (Fsp3) is 0.0303. The van der Waals surface area contributed by atoms with Crippen LogP contribution >= 0.6 is 39.0 Å². The van der Waals surface area contributed by atoms with E-state index in [1.165, 1.54) is 53.4 Å². The maximum absolute atomic E-state index is 13.4. The van der Waals surface area contributed by atoms with Gasteiger partial charge in [0.15, 0.2) is 5.13 Å². The molecule has 3 N–H and O–H groups in total. The number of benzene rings is 4. The lowest BCUT2D eigenvalue weighted by atomic mass is 10.1. The zero-order valence-corrected chi connectivity index (χ0v) is 26.1. The molecular weight excluding hydrogens is 663 g/mol. The van der Waals surface area contributed by atoms with Crippen LogP contribution in [-0.2, 0) is 9.59 Å². The lowest BCUT2D eigenvalue weighted by Gasteiger charge is -2.12. The third kappa shape index (κ3) is 8.73. The standard InChI is InChI=1S/C33H24BrFN4O3S2/c34-24-10-8-22(9-11-24)29-19-44-33(38-29)39-30(40)20-43-27-16-14-26(15-17-27)36-32(42)28(18-21-6-12-25(35)13-7-21)37-31(41)23-4-2-1-3-5-23/h1-19H,20H2,(H,36,42)(H,37,41)(H,38,39,40)/b28-18-. The molecule has 44 heavy (non-hydrogen) atoms. The Balaban J connectivity index is 1.18.